The van der Waals surface area contributed by atoms with E-state index in [2.05, 4.69) is 0 Å². The number of carbonyl (C=O) groups excluding carboxylic acids is 2. The molecule has 20 heavy (non-hydrogen) atoms. The minimum absolute atomic E-state index is 0.0381. The van der Waals surface area contributed by atoms with Crippen LogP contribution in [-0.2, 0) is 20.9 Å². The Morgan fingerprint density at radius 2 is 1.95 bits per heavy atom. The van der Waals surface area contributed by atoms with Gasteiger partial charge in [-0.2, -0.15) is 0 Å². The van der Waals surface area contributed by atoms with Gasteiger partial charge in [0.2, 0.25) is 0 Å². The van der Waals surface area contributed by atoms with Crippen LogP contribution >= 0.6 is 0 Å². The Morgan fingerprint density at radius 3 is 2.45 bits per heavy atom. The number of furan rings is 1. The molecule has 3 heterocycles. The van der Waals surface area contributed by atoms with E-state index in [0.29, 0.717) is 12.8 Å². The molecule has 7 nitrogen and oxygen atoms in total. The maximum absolute atomic E-state index is 12.0. The maximum atomic E-state index is 12.0. The van der Waals surface area contributed by atoms with Crippen molar-refractivity contribution in [2.24, 2.45) is 0 Å². The number of carboxylic acids is 1. The number of hydrogen-bond donors (Lipinski definition) is 1. The molecule has 0 spiro atoms. The van der Waals surface area contributed by atoms with Crippen molar-refractivity contribution in [3.63, 3.8) is 0 Å². The standard InChI is InChI=1S/C13H13NO6/c1-6-8(13(17)18)4-7(19-6)5-14-11(15)9-2-3-10(20-9)12(14)16/h4,9-10H,2-3,5H2,1H3,(H,17,18). The predicted octanol–water partition coefficient (Wildman–Crippen LogP) is 0.703. The summed E-state index contributed by atoms with van der Waals surface area (Å²) in [6, 6.07) is 1.34. The molecule has 2 fully saturated rings. The molecule has 2 amide bonds. The van der Waals surface area contributed by atoms with Gasteiger partial charge in [0.1, 0.15) is 29.3 Å². The van der Waals surface area contributed by atoms with Crippen LogP contribution in [0.4, 0.5) is 0 Å². The maximum Gasteiger partial charge on any atom is 0.339 e. The third-order valence-corrected chi connectivity index (χ3v) is 3.62. The van der Waals surface area contributed by atoms with Crippen LogP contribution < -0.4 is 0 Å². The smallest absolute Gasteiger partial charge is 0.339 e. The monoisotopic (exact) mass is 279 g/mol. The summed E-state index contributed by atoms with van der Waals surface area (Å²) in [7, 11) is 0. The zero-order valence-electron chi connectivity index (χ0n) is 10.8. The Morgan fingerprint density at radius 1 is 1.35 bits per heavy atom. The van der Waals surface area contributed by atoms with Gasteiger partial charge in [0.15, 0.2) is 0 Å². The lowest BCUT2D eigenvalue weighted by Gasteiger charge is -2.29. The van der Waals surface area contributed by atoms with Crippen LogP contribution in [0.3, 0.4) is 0 Å². The number of fused-ring (bicyclic) bond motifs is 2. The third kappa shape index (κ3) is 1.90. The molecule has 0 saturated carbocycles. The summed E-state index contributed by atoms with van der Waals surface area (Å²) in [5.41, 5.74) is 0.0381. The van der Waals surface area contributed by atoms with Crippen LogP contribution in [0.5, 0.6) is 0 Å². The van der Waals surface area contributed by atoms with Crippen molar-refractivity contribution in [2.45, 2.75) is 38.5 Å². The SMILES string of the molecule is Cc1oc(CN2C(=O)C3CCC(O3)C2=O)cc1C(=O)O. The van der Waals surface area contributed by atoms with Gasteiger partial charge < -0.3 is 14.3 Å². The van der Waals surface area contributed by atoms with E-state index < -0.39 is 18.2 Å². The van der Waals surface area contributed by atoms with Crippen molar-refractivity contribution in [3.05, 3.63) is 23.2 Å². The van der Waals surface area contributed by atoms with Crippen molar-refractivity contribution in [2.75, 3.05) is 0 Å². The molecular weight excluding hydrogens is 266 g/mol. The highest BCUT2D eigenvalue weighted by Gasteiger charge is 2.46. The van der Waals surface area contributed by atoms with Crippen LogP contribution in [0.1, 0.15) is 34.7 Å². The molecule has 7 heteroatoms. The highest BCUT2D eigenvalue weighted by molar-refractivity contribution is 6.02. The first-order valence-corrected chi connectivity index (χ1v) is 6.30. The Balaban J connectivity index is 1.83. The fourth-order valence-electron chi connectivity index (χ4n) is 2.60. The Labute approximate surface area is 114 Å². The van der Waals surface area contributed by atoms with Crippen LogP contribution in [0, 0.1) is 6.92 Å². The molecule has 3 rings (SSSR count). The van der Waals surface area contributed by atoms with Crippen molar-refractivity contribution in [1.29, 1.82) is 0 Å². The number of ether oxygens (including phenoxy) is 1. The van der Waals surface area contributed by atoms with Crippen LogP contribution in [0.15, 0.2) is 10.5 Å². The Hall–Kier alpha value is -2.15. The van der Waals surface area contributed by atoms with Crippen LogP contribution in [0.2, 0.25) is 0 Å². The normalized spacial score (nSPS) is 25.4. The average molecular weight is 279 g/mol. The van der Waals surface area contributed by atoms with E-state index in [-0.39, 0.29) is 35.4 Å². The topological polar surface area (TPSA) is 97.1 Å². The van der Waals surface area contributed by atoms with Gasteiger partial charge in [0.05, 0.1) is 6.54 Å². The second kappa shape index (κ2) is 4.45. The molecule has 0 aliphatic carbocycles. The largest absolute Gasteiger partial charge is 0.478 e. The van der Waals surface area contributed by atoms with Gasteiger partial charge in [-0.05, 0) is 25.8 Å². The summed E-state index contributed by atoms with van der Waals surface area (Å²) < 4.78 is 10.6. The fourth-order valence-corrected chi connectivity index (χ4v) is 2.60. The molecule has 1 aromatic heterocycles. The van der Waals surface area contributed by atoms with Crippen molar-refractivity contribution < 1.29 is 28.6 Å². The molecule has 0 aromatic carbocycles. The fraction of sp³-hybridized carbons (Fsp3) is 0.462. The van der Waals surface area contributed by atoms with E-state index in [1.165, 1.54) is 13.0 Å². The summed E-state index contributed by atoms with van der Waals surface area (Å²) >= 11 is 0. The minimum Gasteiger partial charge on any atom is -0.478 e. The molecule has 2 atom stereocenters. The molecule has 2 aliphatic rings. The number of hydrogen-bond acceptors (Lipinski definition) is 5. The van der Waals surface area contributed by atoms with Gasteiger partial charge in [0, 0.05) is 0 Å². The molecule has 1 aromatic rings. The van der Waals surface area contributed by atoms with Crippen LogP contribution in [0.25, 0.3) is 0 Å². The predicted molar refractivity (Wildman–Crippen MR) is 63.9 cm³/mol. The Bertz CT molecular complexity index is 582. The summed E-state index contributed by atoms with van der Waals surface area (Å²) in [6.07, 6.45) is -0.0347. The molecule has 2 bridgehead atoms. The van der Waals surface area contributed by atoms with E-state index in [4.69, 9.17) is 14.3 Å². The third-order valence-electron chi connectivity index (χ3n) is 3.62. The molecular formula is C13H13NO6. The summed E-state index contributed by atoms with van der Waals surface area (Å²) in [4.78, 5) is 36.1. The number of likely N-dealkylation sites (tertiary alicyclic amines) is 1. The second-order valence-electron chi connectivity index (χ2n) is 4.94. The van der Waals surface area contributed by atoms with E-state index in [1.54, 1.807) is 0 Å². The number of imide groups is 1. The van der Waals surface area contributed by atoms with Gasteiger partial charge in [-0.1, -0.05) is 0 Å². The molecule has 2 aliphatic heterocycles. The van der Waals surface area contributed by atoms with Gasteiger partial charge in [-0.3, -0.25) is 14.5 Å². The number of carboxylic acid groups (broad SMARTS) is 1. The number of aromatic carboxylic acids is 1. The lowest BCUT2D eigenvalue weighted by atomic mass is 10.2. The van der Waals surface area contributed by atoms with Crippen molar-refractivity contribution in [1.82, 2.24) is 4.90 Å². The molecule has 2 unspecified atom stereocenters. The molecule has 106 valence electrons. The first kappa shape index (κ1) is 12.9. The first-order valence-electron chi connectivity index (χ1n) is 6.30. The molecule has 1 N–H and O–H groups in total. The lowest BCUT2D eigenvalue weighted by Crippen LogP contribution is -2.51. The van der Waals surface area contributed by atoms with Gasteiger partial charge in [-0.15, -0.1) is 0 Å². The van der Waals surface area contributed by atoms with Gasteiger partial charge >= 0.3 is 5.97 Å². The number of morpholine rings is 1. The molecule has 0 radical (unpaired) electrons. The quantitative estimate of drug-likeness (QED) is 0.818. The van der Waals surface area contributed by atoms with E-state index in [1.807, 2.05) is 0 Å². The van der Waals surface area contributed by atoms with Crippen LogP contribution in [-0.4, -0.2) is 40.0 Å². The number of carbonyl (C=O) groups is 3. The second-order valence-corrected chi connectivity index (χ2v) is 4.94. The van der Waals surface area contributed by atoms with E-state index in [0.717, 1.165) is 4.90 Å². The summed E-state index contributed by atoms with van der Waals surface area (Å²) in [5, 5.41) is 8.96. The minimum atomic E-state index is -1.10. The van der Waals surface area contributed by atoms with E-state index >= 15 is 0 Å². The highest BCUT2D eigenvalue weighted by atomic mass is 16.5. The number of amides is 2. The summed E-state index contributed by atoms with van der Waals surface area (Å²) in [6.45, 7) is 1.47. The zero-order valence-corrected chi connectivity index (χ0v) is 10.8. The molecule has 2 saturated heterocycles. The lowest BCUT2D eigenvalue weighted by molar-refractivity contribution is -0.169. The van der Waals surface area contributed by atoms with Gasteiger partial charge in [-0.25, -0.2) is 4.79 Å². The zero-order chi connectivity index (χ0) is 14.4. The summed E-state index contributed by atoms with van der Waals surface area (Å²) in [5.74, 6) is -1.33. The van der Waals surface area contributed by atoms with Crippen molar-refractivity contribution in [3.8, 4) is 0 Å². The first-order chi connectivity index (χ1) is 9.47. The Kier molecular flexibility index (Phi) is 2.86. The van der Waals surface area contributed by atoms with Crippen molar-refractivity contribution >= 4 is 17.8 Å². The van der Waals surface area contributed by atoms with Gasteiger partial charge in [0.25, 0.3) is 11.8 Å². The van der Waals surface area contributed by atoms with E-state index in [9.17, 15) is 14.4 Å². The number of nitrogens with zero attached hydrogens (tertiary/aromatic N) is 1. The average Bonchev–Trinajstić information content (AvgIpc) is 2.98. The number of aryl methyl sites for hydroxylation is 1. The number of rotatable bonds is 3. The highest BCUT2D eigenvalue weighted by Crippen LogP contribution is 2.29.